The molecule has 1 rings (SSSR count). The van der Waals surface area contributed by atoms with Crippen molar-refractivity contribution in [3.63, 3.8) is 0 Å². The van der Waals surface area contributed by atoms with Crippen LogP contribution in [0.1, 0.15) is 6.42 Å². The molecule has 0 fully saturated rings. The standard InChI is InChI=1S/C7H7Cl2NO2/c8-5-1-4(6(11)12)2-7(9,10)3-5/h1,3H,2,10H2,(H,11,12). The van der Waals surface area contributed by atoms with Crippen molar-refractivity contribution in [3.8, 4) is 0 Å². The Morgan fingerprint density at radius 2 is 2.33 bits per heavy atom. The van der Waals surface area contributed by atoms with E-state index in [1.807, 2.05) is 0 Å². The summed E-state index contributed by atoms with van der Waals surface area (Å²) in [7, 11) is 0. The lowest BCUT2D eigenvalue weighted by atomic mass is 10.0. The average Bonchev–Trinajstić information content (AvgIpc) is 1.82. The number of halogens is 2. The van der Waals surface area contributed by atoms with E-state index in [-0.39, 0.29) is 17.0 Å². The largest absolute Gasteiger partial charge is 0.478 e. The van der Waals surface area contributed by atoms with Crippen LogP contribution in [0.25, 0.3) is 0 Å². The van der Waals surface area contributed by atoms with Crippen molar-refractivity contribution >= 4 is 29.2 Å². The van der Waals surface area contributed by atoms with E-state index >= 15 is 0 Å². The lowest BCUT2D eigenvalue weighted by molar-refractivity contribution is -0.132. The Hall–Kier alpha value is -0.510. The molecular weight excluding hydrogens is 201 g/mol. The molecule has 3 N–H and O–H groups in total. The molecule has 0 aliphatic heterocycles. The second-order valence-corrected chi connectivity index (χ2v) is 3.75. The molecule has 0 saturated heterocycles. The zero-order valence-corrected chi connectivity index (χ0v) is 7.56. The fourth-order valence-electron chi connectivity index (χ4n) is 0.969. The molecule has 0 heterocycles. The first kappa shape index (κ1) is 9.58. The summed E-state index contributed by atoms with van der Waals surface area (Å²) in [6.45, 7) is 0. The van der Waals surface area contributed by atoms with Crippen LogP contribution < -0.4 is 5.73 Å². The van der Waals surface area contributed by atoms with E-state index < -0.39 is 11.0 Å². The zero-order valence-electron chi connectivity index (χ0n) is 6.05. The molecule has 0 bridgehead atoms. The van der Waals surface area contributed by atoms with Crippen molar-refractivity contribution in [3.05, 3.63) is 22.8 Å². The molecule has 1 unspecified atom stereocenters. The summed E-state index contributed by atoms with van der Waals surface area (Å²) in [5, 5.41) is 8.88. The maximum atomic E-state index is 10.5. The molecule has 3 nitrogen and oxygen atoms in total. The molecule has 1 aliphatic carbocycles. The Bertz CT molecular complexity index is 281. The molecule has 0 spiro atoms. The first-order valence-electron chi connectivity index (χ1n) is 3.21. The average molecular weight is 208 g/mol. The van der Waals surface area contributed by atoms with E-state index in [9.17, 15) is 4.79 Å². The topological polar surface area (TPSA) is 63.3 Å². The molecule has 0 aromatic rings. The fraction of sp³-hybridized carbons (Fsp3) is 0.286. The first-order valence-corrected chi connectivity index (χ1v) is 3.96. The molecule has 5 heteroatoms. The summed E-state index contributed by atoms with van der Waals surface area (Å²) in [6.07, 6.45) is 2.85. The third-order valence-electron chi connectivity index (χ3n) is 1.43. The highest BCUT2D eigenvalue weighted by atomic mass is 35.5. The van der Waals surface area contributed by atoms with Gasteiger partial charge in [-0.15, -0.1) is 0 Å². The summed E-state index contributed by atoms with van der Waals surface area (Å²) in [6, 6.07) is 0. The van der Waals surface area contributed by atoms with Gasteiger partial charge in [-0.2, -0.15) is 0 Å². The highest BCUT2D eigenvalue weighted by Crippen LogP contribution is 2.29. The summed E-state index contributed by atoms with van der Waals surface area (Å²) in [5.41, 5.74) is 5.62. The minimum Gasteiger partial charge on any atom is -0.478 e. The maximum Gasteiger partial charge on any atom is 0.331 e. The molecule has 0 saturated carbocycles. The Morgan fingerprint density at radius 3 is 2.75 bits per heavy atom. The zero-order chi connectivity index (χ0) is 9.35. The molecule has 0 radical (unpaired) electrons. The SMILES string of the molecule is NC1(Cl)C=C(Cl)C=C(C(=O)O)C1. The van der Waals surface area contributed by atoms with E-state index in [1.54, 1.807) is 0 Å². The third kappa shape index (κ3) is 2.24. The lowest BCUT2D eigenvalue weighted by Crippen LogP contribution is -2.34. The van der Waals surface area contributed by atoms with Gasteiger partial charge in [-0.25, -0.2) is 4.79 Å². The number of aliphatic carboxylic acids is 1. The van der Waals surface area contributed by atoms with E-state index in [0.717, 1.165) is 0 Å². The van der Waals surface area contributed by atoms with Gasteiger partial charge in [-0.1, -0.05) is 23.2 Å². The van der Waals surface area contributed by atoms with Crippen molar-refractivity contribution in [2.45, 2.75) is 11.4 Å². The Labute approximate surface area is 79.4 Å². The fourth-order valence-corrected chi connectivity index (χ4v) is 1.61. The number of alkyl halides is 1. The van der Waals surface area contributed by atoms with Crippen LogP contribution in [0.4, 0.5) is 0 Å². The normalized spacial score (nSPS) is 29.2. The van der Waals surface area contributed by atoms with Gasteiger partial charge in [0.1, 0.15) is 5.00 Å². The van der Waals surface area contributed by atoms with Gasteiger partial charge in [-0.05, 0) is 12.2 Å². The van der Waals surface area contributed by atoms with Crippen molar-refractivity contribution in [1.82, 2.24) is 0 Å². The number of hydrogen-bond acceptors (Lipinski definition) is 2. The smallest absolute Gasteiger partial charge is 0.331 e. The number of hydrogen-bond donors (Lipinski definition) is 2. The Balaban J connectivity index is 2.96. The summed E-state index contributed by atoms with van der Waals surface area (Å²) in [4.78, 5) is 9.35. The molecular formula is C7H7Cl2NO2. The monoisotopic (exact) mass is 207 g/mol. The maximum absolute atomic E-state index is 10.5. The molecule has 12 heavy (non-hydrogen) atoms. The Kier molecular flexibility index (Phi) is 2.46. The number of allylic oxidation sites excluding steroid dienone is 2. The Morgan fingerprint density at radius 1 is 1.75 bits per heavy atom. The predicted molar refractivity (Wildman–Crippen MR) is 47.0 cm³/mol. The third-order valence-corrected chi connectivity index (χ3v) is 1.89. The number of nitrogens with two attached hydrogens (primary N) is 1. The molecule has 1 aliphatic rings. The van der Waals surface area contributed by atoms with Crippen LogP contribution in [0.5, 0.6) is 0 Å². The molecule has 66 valence electrons. The molecule has 0 aromatic heterocycles. The van der Waals surface area contributed by atoms with Gasteiger partial charge in [0.2, 0.25) is 0 Å². The van der Waals surface area contributed by atoms with E-state index in [0.29, 0.717) is 0 Å². The van der Waals surface area contributed by atoms with Crippen LogP contribution in [0, 0.1) is 0 Å². The van der Waals surface area contributed by atoms with Gasteiger partial charge < -0.3 is 10.8 Å². The highest BCUT2D eigenvalue weighted by Gasteiger charge is 2.27. The predicted octanol–water partition coefficient (Wildman–Crippen LogP) is 1.42. The van der Waals surface area contributed by atoms with E-state index in [2.05, 4.69) is 0 Å². The van der Waals surface area contributed by atoms with Crippen molar-refractivity contribution < 1.29 is 9.90 Å². The van der Waals surface area contributed by atoms with Crippen molar-refractivity contribution in [1.29, 1.82) is 0 Å². The second kappa shape index (κ2) is 3.09. The second-order valence-electron chi connectivity index (χ2n) is 2.61. The van der Waals surface area contributed by atoms with Crippen LogP contribution in [0.3, 0.4) is 0 Å². The number of carboxylic acid groups (broad SMARTS) is 1. The number of carbonyl (C=O) groups is 1. The summed E-state index contributed by atoms with van der Waals surface area (Å²) < 4.78 is 0. The van der Waals surface area contributed by atoms with Crippen LogP contribution >= 0.6 is 23.2 Å². The molecule has 0 aromatic carbocycles. The van der Waals surface area contributed by atoms with Crippen LogP contribution in [-0.4, -0.2) is 16.1 Å². The quantitative estimate of drug-likeness (QED) is 0.505. The summed E-state index contributed by atoms with van der Waals surface area (Å²) >= 11 is 11.3. The van der Waals surface area contributed by atoms with Gasteiger partial charge in [-0.3, -0.25) is 0 Å². The highest BCUT2D eigenvalue weighted by molar-refractivity contribution is 6.33. The minimum atomic E-state index is -1.17. The summed E-state index contributed by atoms with van der Waals surface area (Å²) in [5.74, 6) is -1.04. The van der Waals surface area contributed by atoms with Gasteiger partial charge in [0.15, 0.2) is 0 Å². The van der Waals surface area contributed by atoms with Crippen molar-refractivity contribution in [2.75, 3.05) is 0 Å². The number of rotatable bonds is 1. The van der Waals surface area contributed by atoms with Gasteiger partial charge in [0.05, 0.1) is 0 Å². The van der Waals surface area contributed by atoms with Crippen molar-refractivity contribution in [2.24, 2.45) is 5.73 Å². The van der Waals surface area contributed by atoms with E-state index in [1.165, 1.54) is 12.2 Å². The van der Waals surface area contributed by atoms with E-state index in [4.69, 9.17) is 34.0 Å². The van der Waals surface area contributed by atoms with Crippen LogP contribution in [0.15, 0.2) is 22.8 Å². The van der Waals surface area contributed by atoms with Crippen LogP contribution in [-0.2, 0) is 4.79 Å². The van der Waals surface area contributed by atoms with Gasteiger partial charge in [0, 0.05) is 17.0 Å². The first-order chi connectivity index (χ1) is 5.41. The number of carboxylic acids is 1. The molecule has 0 amide bonds. The van der Waals surface area contributed by atoms with Gasteiger partial charge in [0.25, 0.3) is 0 Å². The van der Waals surface area contributed by atoms with Gasteiger partial charge >= 0.3 is 5.97 Å². The molecule has 1 atom stereocenters. The van der Waals surface area contributed by atoms with Crippen LogP contribution in [0.2, 0.25) is 0 Å². The minimum absolute atomic E-state index is 0.0834. The lowest BCUT2D eigenvalue weighted by Gasteiger charge is -2.21.